The lowest BCUT2D eigenvalue weighted by Gasteiger charge is -2.11. The largest absolute Gasteiger partial charge is 0.303 e. The second-order valence-corrected chi connectivity index (χ2v) is 5.04. The van der Waals surface area contributed by atoms with E-state index in [2.05, 4.69) is 15.9 Å². The third-order valence-corrected chi connectivity index (χ3v) is 3.36. The van der Waals surface area contributed by atoms with E-state index in [9.17, 15) is 9.18 Å². The predicted molar refractivity (Wildman–Crippen MR) is 73.1 cm³/mol. The number of halogens is 2. The van der Waals surface area contributed by atoms with Crippen LogP contribution in [0.3, 0.4) is 0 Å². The zero-order valence-electron chi connectivity index (χ0n) is 9.64. The van der Waals surface area contributed by atoms with Crippen LogP contribution in [0.5, 0.6) is 0 Å². The molecule has 1 unspecified atom stereocenters. The van der Waals surface area contributed by atoms with Crippen molar-refractivity contribution in [3.05, 3.63) is 69.9 Å². The van der Waals surface area contributed by atoms with Gasteiger partial charge in [-0.05, 0) is 41.8 Å². The summed E-state index contributed by atoms with van der Waals surface area (Å²) in [5, 5.41) is 0. The van der Waals surface area contributed by atoms with Crippen LogP contribution in [0.2, 0.25) is 0 Å². The van der Waals surface area contributed by atoms with E-state index in [0.717, 1.165) is 21.9 Å². The predicted octanol–water partition coefficient (Wildman–Crippen LogP) is 4.11. The molecular formula is C15H12BrFO. The SMILES string of the molecule is O=CC(Cc1ccc(F)cc1)c1ccc(Br)cc1. The molecule has 0 aliphatic heterocycles. The van der Waals surface area contributed by atoms with Gasteiger partial charge in [0.15, 0.2) is 0 Å². The first kappa shape index (κ1) is 13.0. The van der Waals surface area contributed by atoms with Crippen LogP contribution in [-0.2, 0) is 11.2 Å². The van der Waals surface area contributed by atoms with Crippen molar-refractivity contribution in [3.8, 4) is 0 Å². The van der Waals surface area contributed by atoms with Crippen molar-refractivity contribution in [1.29, 1.82) is 0 Å². The van der Waals surface area contributed by atoms with Crippen molar-refractivity contribution >= 4 is 22.2 Å². The Labute approximate surface area is 114 Å². The molecule has 2 aromatic carbocycles. The van der Waals surface area contributed by atoms with Crippen molar-refractivity contribution in [1.82, 2.24) is 0 Å². The monoisotopic (exact) mass is 306 g/mol. The van der Waals surface area contributed by atoms with E-state index in [4.69, 9.17) is 0 Å². The molecule has 0 saturated heterocycles. The molecule has 3 heteroatoms. The molecule has 0 aromatic heterocycles. The fraction of sp³-hybridized carbons (Fsp3) is 0.133. The number of rotatable bonds is 4. The quantitative estimate of drug-likeness (QED) is 0.777. The van der Waals surface area contributed by atoms with Crippen molar-refractivity contribution in [2.24, 2.45) is 0 Å². The standard InChI is InChI=1S/C15H12BrFO/c16-14-5-3-12(4-6-14)13(10-18)9-11-1-7-15(17)8-2-11/h1-8,10,13H,9H2. The summed E-state index contributed by atoms with van der Waals surface area (Å²) in [7, 11) is 0. The van der Waals surface area contributed by atoms with Gasteiger partial charge in [0.05, 0.1) is 0 Å². The van der Waals surface area contributed by atoms with Crippen molar-refractivity contribution in [3.63, 3.8) is 0 Å². The van der Waals surface area contributed by atoms with Gasteiger partial charge in [-0.3, -0.25) is 0 Å². The Hall–Kier alpha value is -1.48. The molecule has 1 nitrogen and oxygen atoms in total. The van der Waals surface area contributed by atoms with E-state index in [1.165, 1.54) is 12.1 Å². The van der Waals surface area contributed by atoms with Crippen molar-refractivity contribution < 1.29 is 9.18 Å². The minimum absolute atomic E-state index is 0.191. The van der Waals surface area contributed by atoms with Gasteiger partial charge in [-0.15, -0.1) is 0 Å². The summed E-state index contributed by atoms with van der Waals surface area (Å²) < 4.78 is 13.8. The van der Waals surface area contributed by atoms with Crippen LogP contribution in [0, 0.1) is 5.82 Å². The fourth-order valence-corrected chi connectivity index (χ4v) is 2.09. The Balaban J connectivity index is 2.16. The number of carbonyl (C=O) groups excluding carboxylic acids is 1. The molecule has 0 aliphatic carbocycles. The van der Waals surface area contributed by atoms with Crippen LogP contribution in [0.25, 0.3) is 0 Å². The zero-order chi connectivity index (χ0) is 13.0. The molecule has 2 aromatic rings. The highest BCUT2D eigenvalue weighted by molar-refractivity contribution is 9.10. The lowest BCUT2D eigenvalue weighted by atomic mass is 9.93. The highest BCUT2D eigenvalue weighted by atomic mass is 79.9. The Bertz CT molecular complexity index is 519. The maximum Gasteiger partial charge on any atom is 0.127 e. The molecule has 92 valence electrons. The minimum atomic E-state index is -0.259. The van der Waals surface area contributed by atoms with Crippen LogP contribution in [0.4, 0.5) is 4.39 Å². The average Bonchev–Trinajstić information content (AvgIpc) is 2.39. The highest BCUT2D eigenvalue weighted by Gasteiger charge is 2.11. The number of carbonyl (C=O) groups is 1. The molecule has 1 atom stereocenters. The third-order valence-electron chi connectivity index (χ3n) is 2.83. The maximum atomic E-state index is 12.8. The van der Waals surface area contributed by atoms with Gasteiger partial charge in [-0.2, -0.15) is 0 Å². The van der Waals surface area contributed by atoms with Gasteiger partial charge in [0.2, 0.25) is 0 Å². The Kier molecular flexibility index (Phi) is 4.26. The first-order valence-corrected chi connectivity index (χ1v) is 6.43. The lowest BCUT2D eigenvalue weighted by molar-refractivity contribution is -0.109. The molecule has 0 saturated carbocycles. The Morgan fingerprint density at radius 2 is 1.67 bits per heavy atom. The lowest BCUT2D eigenvalue weighted by Crippen LogP contribution is -2.04. The molecular weight excluding hydrogens is 295 g/mol. The topological polar surface area (TPSA) is 17.1 Å². The van der Waals surface area contributed by atoms with E-state index in [1.807, 2.05) is 24.3 Å². The van der Waals surface area contributed by atoms with Gasteiger partial charge >= 0.3 is 0 Å². The van der Waals surface area contributed by atoms with Gasteiger partial charge in [0.1, 0.15) is 12.1 Å². The summed E-state index contributed by atoms with van der Waals surface area (Å²) in [6, 6.07) is 13.9. The molecule has 0 fully saturated rings. The Morgan fingerprint density at radius 1 is 1.06 bits per heavy atom. The number of hydrogen-bond acceptors (Lipinski definition) is 1. The second-order valence-electron chi connectivity index (χ2n) is 4.12. The number of benzene rings is 2. The first-order valence-electron chi connectivity index (χ1n) is 5.64. The summed E-state index contributed by atoms with van der Waals surface area (Å²) >= 11 is 3.36. The molecule has 18 heavy (non-hydrogen) atoms. The second kappa shape index (κ2) is 5.91. The van der Waals surface area contributed by atoms with Crippen LogP contribution >= 0.6 is 15.9 Å². The molecule has 0 amide bonds. The van der Waals surface area contributed by atoms with Gasteiger partial charge < -0.3 is 4.79 Å². The van der Waals surface area contributed by atoms with Gasteiger partial charge in [0, 0.05) is 10.4 Å². The highest BCUT2D eigenvalue weighted by Crippen LogP contribution is 2.21. The van der Waals surface area contributed by atoms with E-state index in [-0.39, 0.29) is 11.7 Å². The first-order chi connectivity index (χ1) is 8.69. The molecule has 0 heterocycles. The number of aldehydes is 1. The van der Waals surface area contributed by atoms with Gasteiger partial charge in [0.25, 0.3) is 0 Å². The summed E-state index contributed by atoms with van der Waals surface area (Å²) in [6.45, 7) is 0. The van der Waals surface area contributed by atoms with E-state index < -0.39 is 0 Å². The van der Waals surface area contributed by atoms with Gasteiger partial charge in [-0.25, -0.2) is 4.39 Å². The molecule has 2 rings (SSSR count). The fourth-order valence-electron chi connectivity index (χ4n) is 1.83. The van der Waals surface area contributed by atoms with Crippen LogP contribution < -0.4 is 0 Å². The zero-order valence-corrected chi connectivity index (χ0v) is 11.2. The van der Waals surface area contributed by atoms with E-state index >= 15 is 0 Å². The number of hydrogen-bond donors (Lipinski definition) is 0. The summed E-state index contributed by atoms with van der Waals surface area (Å²) in [6.07, 6.45) is 1.53. The molecule has 0 radical (unpaired) electrons. The average molecular weight is 307 g/mol. The maximum absolute atomic E-state index is 12.8. The van der Waals surface area contributed by atoms with Crippen LogP contribution in [-0.4, -0.2) is 6.29 Å². The smallest absolute Gasteiger partial charge is 0.127 e. The minimum Gasteiger partial charge on any atom is -0.303 e. The van der Waals surface area contributed by atoms with Crippen molar-refractivity contribution in [2.45, 2.75) is 12.3 Å². The normalized spacial score (nSPS) is 12.1. The Morgan fingerprint density at radius 3 is 2.22 bits per heavy atom. The van der Waals surface area contributed by atoms with Crippen molar-refractivity contribution in [2.75, 3.05) is 0 Å². The summed E-state index contributed by atoms with van der Waals surface area (Å²) in [4.78, 5) is 11.2. The molecule has 0 bridgehead atoms. The van der Waals surface area contributed by atoms with E-state index in [1.54, 1.807) is 12.1 Å². The van der Waals surface area contributed by atoms with Gasteiger partial charge in [-0.1, -0.05) is 40.2 Å². The van der Waals surface area contributed by atoms with Crippen LogP contribution in [0.15, 0.2) is 53.0 Å². The summed E-state index contributed by atoms with van der Waals surface area (Å²) in [5.41, 5.74) is 1.92. The molecule has 0 N–H and O–H groups in total. The third kappa shape index (κ3) is 3.26. The molecule has 0 aliphatic rings. The van der Waals surface area contributed by atoms with Crippen LogP contribution in [0.1, 0.15) is 17.0 Å². The van der Waals surface area contributed by atoms with E-state index in [0.29, 0.717) is 6.42 Å². The molecule has 0 spiro atoms. The summed E-state index contributed by atoms with van der Waals surface area (Å²) in [5.74, 6) is -0.450.